The van der Waals surface area contributed by atoms with Crippen LogP contribution in [0.25, 0.3) is 20.7 Å². The lowest BCUT2D eigenvalue weighted by molar-refractivity contribution is 0.782. The molecule has 0 radical (unpaired) electrons. The highest BCUT2D eigenvalue weighted by molar-refractivity contribution is 7.99. The van der Waals surface area contributed by atoms with E-state index in [1.807, 2.05) is 43.3 Å². The molecule has 0 saturated heterocycles. The van der Waals surface area contributed by atoms with Crippen LogP contribution in [0.15, 0.2) is 40.3 Å². The number of benzene rings is 1. The molecule has 22 heavy (non-hydrogen) atoms. The van der Waals surface area contributed by atoms with Crippen molar-refractivity contribution in [3.8, 4) is 16.5 Å². The summed E-state index contributed by atoms with van der Waals surface area (Å²) in [5.74, 6) is 5.97. The van der Waals surface area contributed by atoms with Crippen LogP contribution in [0.1, 0.15) is 5.56 Å². The van der Waals surface area contributed by atoms with Gasteiger partial charge in [-0.25, -0.2) is 9.66 Å². The fraction of sp³-hybridized carbons (Fsp3) is 0.133. The van der Waals surface area contributed by atoms with Crippen molar-refractivity contribution in [1.82, 2.24) is 9.66 Å². The van der Waals surface area contributed by atoms with Crippen molar-refractivity contribution in [2.75, 3.05) is 11.6 Å². The van der Waals surface area contributed by atoms with Crippen LogP contribution in [0, 0.1) is 18.3 Å². The number of nitriles is 1. The van der Waals surface area contributed by atoms with E-state index >= 15 is 0 Å². The molecular formula is C15H12N4OS2. The normalized spacial score (nSPS) is 10.7. The number of fused-ring (bicyclic) bond motifs is 1. The Hall–Kier alpha value is -2.30. The number of nitrogens with zero attached hydrogens (tertiary/aromatic N) is 3. The van der Waals surface area contributed by atoms with Gasteiger partial charge in [0.05, 0.1) is 17.3 Å². The van der Waals surface area contributed by atoms with Gasteiger partial charge in [0.25, 0.3) is 5.56 Å². The third kappa shape index (κ3) is 2.58. The van der Waals surface area contributed by atoms with E-state index in [0.717, 1.165) is 26.9 Å². The Morgan fingerprint density at radius 1 is 1.41 bits per heavy atom. The summed E-state index contributed by atoms with van der Waals surface area (Å²) < 4.78 is 1.54. The zero-order valence-electron chi connectivity index (χ0n) is 11.7. The number of nitrogen functional groups attached to an aromatic ring is 1. The third-order valence-corrected chi connectivity index (χ3v) is 5.13. The van der Waals surface area contributed by atoms with Crippen molar-refractivity contribution >= 4 is 33.3 Å². The van der Waals surface area contributed by atoms with Crippen LogP contribution in [-0.2, 0) is 0 Å². The third-order valence-electron chi connectivity index (χ3n) is 3.15. The zero-order valence-corrected chi connectivity index (χ0v) is 13.4. The first-order valence-electron chi connectivity index (χ1n) is 6.48. The molecule has 0 bridgehead atoms. The number of hydrogen-bond donors (Lipinski definition) is 1. The van der Waals surface area contributed by atoms with Crippen LogP contribution >= 0.6 is 23.1 Å². The lowest BCUT2D eigenvalue weighted by atomic mass is 10.1. The van der Waals surface area contributed by atoms with Gasteiger partial charge in [-0.2, -0.15) is 5.26 Å². The molecule has 0 aliphatic heterocycles. The smallest absolute Gasteiger partial charge is 0.290 e. The number of thiophene rings is 1. The number of hydrogen-bond acceptors (Lipinski definition) is 6. The standard InChI is InChI=1S/C15H12N4OS2/c1-9-2-4-10(5-3-9)12-8-11-13(22-12)14(20)19(17)15(18-11)21-7-6-16/h2-5,8H,7,17H2,1H3. The lowest BCUT2D eigenvalue weighted by Crippen LogP contribution is -2.29. The molecule has 0 aliphatic carbocycles. The van der Waals surface area contributed by atoms with Gasteiger partial charge in [-0.15, -0.1) is 11.3 Å². The number of rotatable bonds is 3. The molecule has 2 aromatic heterocycles. The van der Waals surface area contributed by atoms with Crippen molar-refractivity contribution in [3.63, 3.8) is 0 Å². The van der Waals surface area contributed by atoms with Gasteiger partial charge in [-0.3, -0.25) is 4.79 Å². The number of thioether (sulfide) groups is 1. The van der Waals surface area contributed by atoms with E-state index in [2.05, 4.69) is 4.98 Å². The van der Waals surface area contributed by atoms with Crippen molar-refractivity contribution in [3.05, 3.63) is 46.2 Å². The lowest BCUT2D eigenvalue weighted by Gasteiger charge is -2.03. The average Bonchev–Trinajstić information content (AvgIpc) is 2.94. The second-order valence-corrected chi connectivity index (χ2v) is 6.70. The molecule has 2 N–H and O–H groups in total. The van der Waals surface area contributed by atoms with Crippen molar-refractivity contribution in [2.45, 2.75) is 12.1 Å². The van der Waals surface area contributed by atoms with Gasteiger partial charge in [0.2, 0.25) is 0 Å². The summed E-state index contributed by atoms with van der Waals surface area (Å²) in [5, 5.41) is 9.01. The first kappa shape index (κ1) is 14.6. The molecule has 3 aromatic rings. The molecule has 7 heteroatoms. The Bertz CT molecular complexity index is 935. The molecule has 0 atom stereocenters. The maximum atomic E-state index is 12.3. The minimum atomic E-state index is -0.284. The van der Waals surface area contributed by atoms with E-state index in [1.165, 1.54) is 16.9 Å². The van der Waals surface area contributed by atoms with Crippen molar-refractivity contribution < 1.29 is 0 Å². The highest BCUT2D eigenvalue weighted by Crippen LogP contribution is 2.31. The van der Waals surface area contributed by atoms with Gasteiger partial charge in [0.1, 0.15) is 4.70 Å². The first-order valence-corrected chi connectivity index (χ1v) is 8.29. The Balaban J connectivity index is 2.13. The molecule has 0 unspecified atom stereocenters. The molecule has 0 aliphatic rings. The van der Waals surface area contributed by atoms with E-state index in [4.69, 9.17) is 11.1 Å². The van der Waals surface area contributed by atoms with E-state index in [1.54, 1.807) is 0 Å². The maximum Gasteiger partial charge on any atom is 0.290 e. The Labute approximate surface area is 135 Å². The molecule has 0 saturated carbocycles. The topological polar surface area (TPSA) is 84.7 Å². The van der Waals surface area contributed by atoms with Gasteiger partial charge < -0.3 is 5.84 Å². The van der Waals surface area contributed by atoms with Gasteiger partial charge in [-0.05, 0) is 18.6 Å². The summed E-state index contributed by atoms with van der Waals surface area (Å²) in [5.41, 5.74) is 2.56. The van der Waals surface area contributed by atoms with Crippen LogP contribution in [0.2, 0.25) is 0 Å². The second kappa shape index (κ2) is 5.83. The Morgan fingerprint density at radius 2 is 2.14 bits per heavy atom. The summed E-state index contributed by atoms with van der Waals surface area (Å²) in [6, 6.07) is 12.0. The fourth-order valence-electron chi connectivity index (χ4n) is 2.03. The molecule has 3 rings (SSSR count). The Morgan fingerprint density at radius 3 is 2.82 bits per heavy atom. The number of aryl methyl sites for hydroxylation is 1. The molecular weight excluding hydrogens is 316 g/mol. The summed E-state index contributed by atoms with van der Waals surface area (Å²) in [6.07, 6.45) is 0. The van der Waals surface area contributed by atoms with E-state index in [-0.39, 0.29) is 11.3 Å². The van der Waals surface area contributed by atoms with Crippen LogP contribution < -0.4 is 11.4 Å². The summed E-state index contributed by atoms with van der Waals surface area (Å²) >= 11 is 2.53. The summed E-state index contributed by atoms with van der Waals surface area (Å²) in [6.45, 7) is 2.03. The predicted molar refractivity (Wildman–Crippen MR) is 90.5 cm³/mol. The Kier molecular flexibility index (Phi) is 3.88. The van der Waals surface area contributed by atoms with Gasteiger partial charge >= 0.3 is 0 Å². The minimum absolute atomic E-state index is 0.199. The maximum absolute atomic E-state index is 12.3. The SMILES string of the molecule is Cc1ccc(-c2cc3nc(SCC#N)n(N)c(=O)c3s2)cc1. The van der Waals surface area contributed by atoms with Crippen molar-refractivity contribution in [1.29, 1.82) is 5.26 Å². The van der Waals surface area contributed by atoms with Crippen LogP contribution in [-0.4, -0.2) is 15.4 Å². The van der Waals surface area contributed by atoms with Crippen LogP contribution in [0.3, 0.4) is 0 Å². The van der Waals surface area contributed by atoms with E-state index in [9.17, 15) is 4.79 Å². The first-order chi connectivity index (χ1) is 10.6. The van der Waals surface area contributed by atoms with Gasteiger partial charge in [-0.1, -0.05) is 41.6 Å². The molecule has 2 heterocycles. The quantitative estimate of drug-likeness (QED) is 0.454. The number of aromatic nitrogens is 2. The largest absolute Gasteiger partial charge is 0.334 e. The van der Waals surface area contributed by atoms with Crippen LogP contribution in [0.4, 0.5) is 0 Å². The van der Waals surface area contributed by atoms with E-state index in [0.29, 0.717) is 15.4 Å². The molecule has 0 fully saturated rings. The molecule has 0 spiro atoms. The zero-order chi connectivity index (χ0) is 15.7. The highest BCUT2D eigenvalue weighted by atomic mass is 32.2. The van der Waals surface area contributed by atoms with Gasteiger partial charge in [0, 0.05) is 4.88 Å². The highest BCUT2D eigenvalue weighted by Gasteiger charge is 2.13. The monoisotopic (exact) mass is 328 g/mol. The second-order valence-electron chi connectivity index (χ2n) is 4.71. The fourth-order valence-corrected chi connectivity index (χ4v) is 3.65. The molecule has 110 valence electrons. The average molecular weight is 328 g/mol. The van der Waals surface area contributed by atoms with Crippen LogP contribution in [0.5, 0.6) is 0 Å². The predicted octanol–water partition coefficient (Wildman–Crippen LogP) is 2.76. The van der Waals surface area contributed by atoms with E-state index < -0.39 is 0 Å². The molecule has 1 aromatic carbocycles. The minimum Gasteiger partial charge on any atom is -0.334 e. The van der Waals surface area contributed by atoms with Gasteiger partial charge in [0.15, 0.2) is 5.16 Å². The molecule has 5 nitrogen and oxygen atoms in total. The van der Waals surface area contributed by atoms with Crippen molar-refractivity contribution in [2.24, 2.45) is 0 Å². The molecule has 0 amide bonds. The summed E-state index contributed by atoms with van der Waals surface area (Å²) in [7, 11) is 0. The summed E-state index contributed by atoms with van der Waals surface area (Å²) in [4.78, 5) is 17.7. The number of nitrogens with two attached hydrogens (primary N) is 1.